The number of rotatable bonds is 7. The van der Waals surface area contributed by atoms with Crippen molar-refractivity contribution in [1.82, 2.24) is 10.2 Å². The summed E-state index contributed by atoms with van der Waals surface area (Å²) < 4.78 is 33.8. The van der Waals surface area contributed by atoms with Gasteiger partial charge in [-0.25, -0.2) is 9.59 Å². The highest BCUT2D eigenvalue weighted by molar-refractivity contribution is 5.90. The van der Waals surface area contributed by atoms with Crippen LogP contribution in [0.25, 0.3) is 11.1 Å². The van der Waals surface area contributed by atoms with E-state index in [2.05, 4.69) is 0 Å². The Labute approximate surface area is 184 Å². The first-order valence-corrected chi connectivity index (χ1v) is 9.95. The molecule has 32 heavy (non-hydrogen) atoms. The van der Waals surface area contributed by atoms with Crippen molar-refractivity contribution in [2.75, 3.05) is 20.2 Å². The average molecular weight is 446 g/mol. The maximum Gasteiger partial charge on any atom is 0.407 e. The lowest BCUT2D eigenvalue weighted by molar-refractivity contribution is -0.168. The van der Waals surface area contributed by atoms with E-state index >= 15 is 0 Å². The number of carboxylic acids is 1. The topological polar surface area (TPSA) is 95.9 Å². The van der Waals surface area contributed by atoms with Crippen LogP contribution in [0.2, 0.25) is 0 Å². The number of benzene rings is 2. The van der Waals surface area contributed by atoms with Crippen LogP contribution in [0.4, 0.5) is 13.6 Å². The van der Waals surface area contributed by atoms with Gasteiger partial charge in [-0.2, -0.15) is 8.78 Å². The predicted octanol–water partition coefficient (Wildman–Crippen LogP) is 3.48. The van der Waals surface area contributed by atoms with Crippen LogP contribution in [-0.4, -0.2) is 59.6 Å². The highest BCUT2D eigenvalue weighted by Crippen LogP contribution is 2.44. The molecule has 0 saturated carbocycles. The lowest BCUT2D eigenvalue weighted by Crippen LogP contribution is -2.57. The van der Waals surface area contributed by atoms with Crippen molar-refractivity contribution in [2.45, 2.75) is 31.2 Å². The SMILES string of the molecule is CN(C(=O)C(F)(F)CNC(=O)OCC1c2ccccc2-c2ccccc21)C(C)(C)C(=O)O. The van der Waals surface area contributed by atoms with Gasteiger partial charge in [-0.3, -0.25) is 4.79 Å². The average Bonchev–Trinajstić information content (AvgIpc) is 3.09. The van der Waals surface area contributed by atoms with Gasteiger partial charge in [0, 0.05) is 13.0 Å². The minimum Gasteiger partial charge on any atom is -0.480 e. The molecule has 3 rings (SSSR count). The van der Waals surface area contributed by atoms with Gasteiger partial charge in [-0.1, -0.05) is 48.5 Å². The molecule has 9 heteroatoms. The Morgan fingerprint density at radius 2 is 1.53 bits per heavy atom. The minimum absolute atomic E-state index is 0.0642. The van der Waals surface area contributed by atoms with Crippen LogP contribution in [0.1, 0.15) is 30.9 Å². The number of nitrogens with zero attached hydrogens (tertiary/aromatic N) is 1. The molecule has 0 unspecified atom stereocenters. The number of ether oxygens (including phenoxy) is 1. The van der Waals surface area contributed by atoms with Crippen molar-refractivity contribution >= 4 is 18.0 Å². The molecule has 0 saturated heterocycles. The number of likely N-dealkylation sites (N-methyl/N-ethyl adjacent to an activating group) is 1. The number of amides is 2. The molecule has 1 aliphatic rings. The molecule has 1 aliphatic carbocycles. The van der Waals surface area contributed by atoms with Crippen LogP contribution in [0.3, 0.4) is 0 Å². The summed E-state index contributed by atoms with van der Waals surface area (Å²) in [6.07, 6.45) is -1.10. The van der Waals surface area contributed by atoms with E-state index in [0.717, 1.165) is 43.1 Å². The molecule has 0 atom stereocenters. The maximum absolute atomic E-state index is 14.3. The molecule has 2 aromatic rings. The number of halogens is 2. The number of carbonyl (C=O) groups excluding carboxylic acids is 2. The highest BCUT2D eigenvalue weighted by Gasteiger charge is 2.47. The first-order valence-electron chi connectivity index (χ1n) is 9.95. The molecule has 2 aromatic carbocycles. The van der Waals surface area contributed by atoms with Crippen LogP contribution < -0.4 is 5.32 Å². The normalized spacial score (nSPS) is 13.2. The number of nitrogens with one attached hydrogen (secondary N) is 1. The van der Waals surface area contributed by atoms with E-state index in [4.69, 9.17) is 9.84 Å². The van der Waals surface area contributed by atoms with Gasteiger partial charge in [0.25, 0.3) is 5.91 Å². The van der Waals surface area contributed by atoms with E-state index in [1.807, 2.05) is 53.8 Å². The van der Waals surface area contributed by atoms with Crippen molar-refractivity contribution in [1.29, 1.82) is 0 Å². The molecule has 0 heterocycles. The summed E-state index contributed by atoms with van der Waals surface area (Å²) in [7, 11) is 0.970. The van der Waals surface area contributed by atoms with Gasteiger partial charge in [0.15, 0.2) is 0 Å². The molecule has 2 amide bonds. The van der Waals surface area contributed by atoms with E-state index in [0.29, 0.717) is 4.90 Å². The molecule has 2 N–H and O–H groups in total. The maximum atomic E-state index is 14.3. The molecule has 0 bridgehead atoms. The standard InChI is InChI=1S/C23H24F2N2O5/c1-22(2,20(29)30)27(3)19(28)23(24,25)13-26-21(31)32-12-18-16-10-6-4-8-14(16)15-9-5-7-11-17(15)18/h4-11,18H,12-13H2,1-3H3,(H,26,31)(H,29,30). The van der Waals surface area contributed by atoms with Crippen LogP contribution in [0.5, 0.6) is 0 Å². The zero-order valence-corrected chi connectivity index (χ0v) is 17.9. The Kier molecular flexibility index (Phi) is 6.20. The van der Waals surface area contributed by atoms with E-state index in [9.17, 15) is 23.2 Å². The Hall–Kier alpha value is -3.49. The fourth-order valence-electron chi connectivity index (χ4n) is 3.55. The summed E-state index contributed by atoms with van der Waals surface area (Å²) in [6.45, 7) is 0.873. The lowest BCUT2D eigenvalue weighted by atomic mass is 9.98. The predicted molar refractivity (Wildman–Crippen MR) is 113 cm³/mol. The van der Waals surface area contributed by atoms with Gasteiger partial charge in [-0.15, -0.1) is 0 Å². The molecule has 0 aliphatic heterocycles. The van der Waals surface area contributed by atoms with Crippen molar-refractivity contribution < 1.29 is 33.0 Å². The van der Waals surface area contributed by atoms with Gasteiger partial charge < -0.3 is 20.1 Å². The summed E-state index contributed by atoms with van der Waals surface area (Å²) in [5.74, 6) is -7.40. The third-order valence-corrected chi connectivity index (χ3v) is 5.78. The third kappa shape index (κ3) is 4.28. The number of alkyl carbamates (subject to hydrolysis) is 1. The van der Waals surface area contributed by atoms with Gasteiger partial charge in [0.2, 0.25) is 0 Å². The zero-order valence-electron chi connectivity index (χ0n) is 17.9. The summed E-state index contributed by atoms with van der Waals surface area (Å²) in [5.41, 5.74) is 2.15. The highest BCUT2D eigenvalue weighted by atomic mass is 19.3. The van der Waals surface area contributed by atoms with E-state index in [-0.39, 0.29) is 12.5 Å². The second-order valence-corrected chi connectivity index (χ2v) is 8.11. The number of hydrogen-bond donors (Lipinski definition) is 2. The Balaban J connectivity index is 1.61. The van der Waals surface area contributed by atoms with Gasteiger partial charge in [0.1, 0.15) is 12.1 Å². The van der Waals surface area contributed by atoms with Crippen LogP contribution in [0.15, 0.2) is 48.5 Å². The largest absolute Gasteiger partial charge is 0.480 e. The first kappa shape index (κ1) is 23.2. The quantitative estimate of drug-likeness (QED) is 0.679. The number of carbonyl (C=O) groups is 3. The number of fused-ring (bicyclic) bond motifs is 3. The number of hydrogen-bond acceptors (Lipinski definition) is 4. The summed E-state index contributed by atoms with van der Waals surface area (Å²) in [5, 5.41) is 11.0. The van der Waals surface area contributed by atoms with Gasteiger partial charge in [0.05, 0.1) is 6.54 Å². The lowest BCUT2D eigenvalue weighted by Gasteiger charge is -2.33. The summed E-state index contributed by atoms with van der Waals surface area (Å²) in [4.78, 5) is 35.8. The number of alkyl halides is 2. The number of aliphatic carboxylic acids is 1. The molecular weight excluding hydrogens is 422 g/mol. The Morgan fingerprint density at radius 1 is 1.03 bits per heavy atom. The monoisotopic (exact) mass is 446 g/mol. The van der Waals surface area contributed by atoms with E-state index in [1.165, 1.54) is 0 Å². The van der Waals surface area contributed by atoms with Crippen LogP contribution in [-0.2, 0) is 14.3 Å². The van der Waals surface area contributed by atoms with E-state index < -0.39 is 36.0 Å². The summed E-state index contributed by atoms with van der Waals surface area (Å²) >= 11 is 0. The van der Waals surface area contributed by atoms with Crippen molar-refractivity contribution in [2.24, 2.45) is 0 Å². The molecule has 0 aromatic heterocycles. The summed E-state index contributed by atoms with van der Waals surface area (Å²) in [6, 6.07) is 15.4. The second-order valence-electron chi connectivity index (χ2n) is 8.11. The van der Waals surface area contributed by atoms with Crippen LogP contribution in [0, 0.1) is 0 Å². The molecule has 0 spiro atoms. The smallest absolute Gasteiger partial charge is 0.407 e. The third-order valence-electron chi connectivity index (χ3n) is 5.78. The molecule has 7 nitrogen and oxygen atoms in total. The first-order chi connectivity index (χ1) is 15.0. The van der Waals surface area contributed by atoms with E-state index in [1.54, 1.807) is 0 Å². The zero-order chi connectivity index (χ0) is 23.7. The van der Waals surface area contributed by atoms with Crippen molar-refractivity contribution in [3.63, 3.8) is 0 Å². The van der Waals surface area contributed by atoms with Gasteiger partial charge in [-0.05, 0) is 36.1 Å². The van der Waals surface area contributed by atoms with Gasteiger partial charge >= 0.3 is 18.0 Å². The molecular formula is C23H24F2N2O5. The fourth-order valence-corrected chi connectivity index (χ4v) is 3.55. The minimum atomic E-state index is -4.01. The number of carboxylic acid groups (broad SMARTS) is 1. The Morgan fingerprint density at radius 3 is 2.03 bits per heavy atom. The Bertz CT molecular complexity index is 1010. The second kappa shape index (κ2) is 8.57. The molecule has 0 radical (unpaired) electrons. The van der Waals surface area contributed by atoms with Crippen molar-refractivity contribution in [3.05, 3.63) is 59.7 Å². The molecule has 0 fully saturated rings. The molecule has 170 valence electrons. The van der Waals surface area contributed by atoms with Crippen molar-refractivity contribution in [3.8, 4) is 11.1 Å². The fraction of sp³-hybridized carbons (Fsp3) is 0.348. The van der Waals surface area contributed by atoms with Crippen LogP contribution >= 0.6 is 0 Å².